The average molecular weight is 289 g/mol. The van der Waals surface area contributed by atoms with E-state index in [2.05, 4.69) is 48.2 Å². The molecule has 118 valence electrons. The van der Waals surface area contributed by atoms with Gasteiger partial charge in [-0.25, -0.2) is 0 Å². The Labute approximate surface area is 130 Å². The first-order valence-corrected chi connectivity index (χ1v) is 8.54. The molecule has 1 aromatic heterocycles. The van der Waals surface area contributed by atoms with Crippen LogP contribution in [0.4, 0.5) is 0 Å². The van der Waals surface area contributed by atoms with Crippen LogP contribution in [0.1, 0.15) is 45.2 Å². The first kappa shape index (κ1) is 16.4. The molecule has 1 aliphatic carbocycles. The van der Waals surface area contributed by atoms with Gasteiger partial charge in [-0.2, -0.15) is 0 Å². The van der Waals surface area contributed by atoms with E-state index in [0.717, 1.165) is 25.4 Å². The summed E-state index contributed by atoms with van der Waals surface area (Å²) in [5.41, 5.74) is 1.20. The van der Waals surface area contributed by atoms with Gasteiger partial charge in [0, 0.05) is 36.9 Å². The SMILES string of the molecule is CCCNC1CCC(C)CC1N(C)CCc1ccccn1. The highest BCUT2D eigenvalue weighted by atomic mass is 15.2. The molecule has 0 spiro atoms. The van der Waals surface area contributed by atoms with Gasteiger partial charge in [-0.15, -0.1) is 0 Å². The lowest BCUT2D eigenvalue weighted by atomic mass is 9.82. The fourth-order valence-electron chi connectivity index (χ4n) is 3.41. The minimum Gasteiger partial charge on any atom is -0.312 e. The zero-order chi connectivity index (χ0) is 15.1. The van der Waals surface area contributed by atoms with Crippen LogP contribution in [0.3, 0.4) is 0 Å². The van der Waals surface area contributed by atoms with E-state index in [-0.39, 0.29) is 0 Å². The van der Waals surface area contributed by atoms with Crippen LogP contribution in [-0.2, 0) is 6.42 Å². The number of hydrogen-bond donors (Lipinski definition) is 1. The quantitative estimate of drug-likeness (QED) is 0.836. The number of aromatic nitrogens is 1. The Morgan fingerprint density at radius 2 is 2.19 bits per heavy atom. The van der Waals surface area contributed by atoms with E-state index in [1.54, 1.807) is 0 Å². The lowest BCUT2D eigenvalue weighted by Gasteiger charge is -2.41. The van der Waals surface area contributed by atoms with Gasteiger partial charge in [0.15, 0.2) is 0 Å². The summed E-state index contributed by atoms with van der Waals surface area (Å²) in [6.45, 7) is 6.89. The van der Waals surface area contributed by atoms with E-state index in [4.69, 9.17) is 0 Å². The van der Waals surface area contributed by atoms with Crippen molar-refractivity contribution in [3.05, 3.63) is 30.1 Å². The lowest BCUT2D eigenvalue weighted by molar-refractivity contribution is 0.125. The van der Waals surface area contributed by atoms with E-state index >= 15 is 0 Å². The number of pyridine rings is 1. The van der Waals surface area contributed by atoms with Crippen molar-refractivity contribution in [1.29, 1.82) is 0 Å². The highest BCUT2D eigenvalue weighted by Gasteiger charge is 2.30. The molecule has 1 heterocycles. The Balaban J connectivity index is 1.88. The summed E-state index contributed by atoms with van der Waals surface area (Å²) in [6, 6.07) is 7.53. The number of hydrogen-bond acceptors (Lipinski definition) is 3. The highest BCUT2D eigenvalue weighted by Crippen LogP contribution is 2.27. The predicted octanol–water partition coefficient (Wildman–Crippen LogP) is 3.11. The third-order valence-electron chi connectivity index (χ3n) is 4.75. The number of nitrogens with one attached hydrogen (secondary N) is 1. The van der Waals surface area contributed by atoms with Crippen molar-refractivity contribution in [2.75, 3.05) is 20.1 Å². The van der Waals surface area contributed by atoms with Gasteiger partial charge >= 0.3 is 0 Å². The molecular formula is C18H31N3. The molecule has 3 unspecified atom stereocenters. The van der Waals surface area contributed by atoms with Crippen LogP contribution >= 0.6 is 0 Å². The summed E-state index contributed by atoms with van der Waals surface area (Å²) in [6.07, 6.45) is 8.16. The maximum atomic E-state index is 4.44. The van der Waals surface area contributed by atoms with Gasteiger partial charge in [-0.3, -0.25) is 4.98 Å². The molecule has 1 N–H and O–H groups in total. The van der Waals surface area contributed by atoms with Crippen molar-refractivity contribution in [3.63, 3.8) is 0 Å². The molecule has 1 fully saturated rings. The summed E-state index contributed by atoms with van der Waals surface area (Å²) in [5.74, 6) is 0.854. The molecular weight excluding hydrogens is 258 g/mol. The summed E-state index contributed by atoms with van der Waals surface area (Å²) in [7, 11) is 2.28. The van der Waals surface area contributed by atoms with Crippen molar-refractivity contribution in [2.45, 2.75) is 58.0 Å². The van der Waals surface area contributed by atoms with Crippen LogP contribution in [0.5, 0.6) is 0 Å². The van der Waals surface area contributed by atoms with E-state index in [0.29, 0.717) is 12.1 Å². The summed E-state index contributed by atoms with van der Waals surface area (Å²) < 4.78 is 0. The van der Waals surface area contributed by atoms with Crippen LogP contribution in [0.15, 0.2) is 24.4 Å². The fraction of sp³-hybridized carbons (Fsp3) is 0.722. The molecule has 0 amide bonds. The zero-order valence-corrected chi connectivity index (χ0v) is 13.9. The van der Waals surface area contributed by atoms with Gasteiger partial charge < -0.3 is 10.2 Å². The minimum absolute atomic E-state index is 0.662. The van der Waals surface area contributed by atoms with Crippen LogP contribution in [0.2, 0.25) is 0 Å². The van der Waals surface area contributed by atoms with Crippen molar-refractivity contribution in [2.24, 2.45) is 5.92 Å². The largest absolute Gasteiger partial charge is 0.312 e. The van der Waals surface area contributed by atoms with Crippen molar-refractivity contribution >= 4 is 0 Å². The molecule has 0 radical (unpaired) electrons. The summed E-state index contributed by atoms with van der Waals surface area (Å²) in [4.78, 5) is 6.99. The zero-order valence-electron chi connectivity index (χ0n) is 13.9. The van der Waals surface area contributed by atoms with Gasteiger partial charge in [0.2, 0.25) is 0 Å². The molecule has 1 saturated carbocycles. The fourth-order valence-corrected chi connectivity index (χ4v) is 3.41. The third kappa shape index (κ3) is 5.08. The molecule has 21 heavy (non-hydrogen) atoms. The smallest absolute Gasteiger partial charge is 0.0416 e. The molecule has 0 aromatic carbocycles. The maximum absolute atomic E-state index is 4.44. The second kappa shape index (κ2) is 8.50. The molecule has 0 aliphatic heterocycles. The molecule has 3 heteroatoms. The van der Waals surface area contributed by atoms with E-state index in [1.165, 1.54) is 31.4 Å². The van der Waals surface area contributed by atoms with Crippen molar-refractivity contribution in [3.8, 4) is 0 Å². The normalized spacial score (nSPS) is 26.2. The number of nitrogens with zero attached hydrogens (tertiary/aromatic N) is 2. The molecule has 3 atom stereocenters. The second-order valence-electron chi connectivity index (χ2n) is 6.60. The van der Waals surface area contributed by atoms with Crippen molar-refractivity contribution in [1.82, 2.24) is 15.2 Å². The average Bonchev–Trinajstić information content (AvgIpc) is 2.52. The highest BCUT2D eigenvalue weighted by molar-refractivity contribution is 5.04. The Kier molecular flexibility index (Phi) is 6.65. The maximum Gasteiger partial charge on any atom is 0.0416 e. The standard InChI is InChI=1S/C18H31N3/c1-4-11-20-17-9-8-15(2)14-18(17)21(3)13-10-16-7-5-6-12-19-16/h5-7,12,15,17-18,20H,4,8-11,13-14H2,1-3H3. The van der Waals surface area contributed by atoms with E-state index in [1.807, 2.05) is 12.3 Å². The lowest BCUT2D eigenvalue weighted by Crippen LogP contribution is -2.52. The molecule has 0 bridgehead atoms. The summed E-state index contributed by atoms with van der Waals surface area (Å²) >= 11 is 0. The summed E-state index contributed by atoms with van der Waals surface area (Å²) in [5, 5.41) is 3.76. The molecule has 0 saturated heterocycles. The van der Waals surface area contributed by atoms with Gasteiger partial charge in [-0.05, 0) is 57.3 Å². The Morgan fingerprint density at radius 3 is 2.90 bits per heavy atom. The number of likely N-dealkylation sites (N-methyl/N-ethyl adjacent to an activating group) is 1. The van der Waals surface area contributed by atoms with E-state index in [9.17, 15) is 0 Å². The minimum atomic E-state index is 0.662. The van der Waals surface area contributed by atoms with Gasteiger partial charge in [0.1, 0.15) is 0 Å². The van der Waals surface area contributed by atoms with E-state index < -0.39 is 0 Å². The first-order valence-electron chi connectivity index (χ1n) is 8.54. The van der Waals surface area contributed by atoms with Gasteiger partial charge in [0.05, 0.1) is 0 Å². The van der Waals surface area contributed by atoms with Crippen molar-refractivity contribution < 1.29 is 0 Å². The molecule has 3 nitrogen and oxygen atoms in total. The second-order valence-corrected chi connectivity index (χ2v) is 6.60. The predicted molar refractivity (Wildman–Crippen MR) is 89.5 cm³/mol. The number of rotatable bonds is 7. The van der Waals surface area contributed by atoms with Gasteiger partial charge in [-0.1, -0.05) is 19.9 Å². The Morgan fingerprint density at radius 1 is 1.33 bits per heavy atom. The molecule has 2 rings (SSSR count). The Bertz CT molecular complexity index is 391. The van der Waals surface area contributed by atoms with Crippen LogP contribution < -0.4 is 5.32 Å². The molecule has 1 aromatic rings. The van der Waals surface area contributed by atoms with Gasteiger partial charge in [0.25, 0.3) is 0 Å². The van der Waals surface area contributed by atoms with Crippen LogP contribution in [-0.4, -0.2) is 42.1 Å². The molecule has 1 aliphatic rings. The van der Waals surface area contributed by atoms with Crippen LogP contribution in [0, 0.1) is 5.92 Å². The first-order chi connectivity index (χ1) is 10.2. The topological polar surface area (TPSA) is 28.2 Å². The monoisotopic (exact) mass is 289 g/mol. The van der Waals surface area contributed by atoms with Crippen LogP contribution in [0.25, 0.3) is 0 Å². The third-order valence-corrected chi connectivity index (χ3v) is 4.75. The Hall–Kier alpha value is -0.930.